The van der Waals surface area contributed by atoms with E-state index in [4.69, 9.17) is 4.74 Å². The standard InChI is InChI=1S/C5H9NO/c1-2-6-5(1)3-7-4-5/h6H,1-4H2. The van der Waals surface area contributed by atoms with Gasteiger partial charge in [-0.2, -0.15) is 0 Å². The van der Waals surface area contributed by atoms with Crippen LogP contribution in [0.2, 0.25) is 0 Å². The van der Waals surface area contributed by atoms with E-state index in [0.29, 0.717) is 5.54 Å². The van der Waals surface area contributed by atoms with Gasteiger partial charge >= 0.3 is 0 Å². The van der Waals surface area contributed by atoms with Gasteiger partial charge in [0.1, 0.15) is 0 Å². The van der Waals surface area contributed by atoms with E-state index in [1.807, 2.05) is 0 Å². The van der Waals surface area contributed by atoms with Gasteiger partial charge in [-0.3, -0.25) is 0 Å². The topological polar surface area (TPSA) is 21.3 Å². The van der Waals surface area contributed by atoms with E-state index in [0.717, 1.165) is 13.2 Å². The number of rotatable bonds is 0. The first-order valence-electron chi connectivity index (χ1n) is 2.74. The molecule has 2 fully saturated rings. The molecule has 7 heavy (non-hydrogen) atoms. The molecule has 0 bridgehead atoms. The lowest BCUT2D eigenvalue weighted by Crippen LogP contribution is -2.68. The van der Waals surface area contributed by atoms with Crippen LogP contribution in [-0.2, 0) is 4.74 Å². The van der Waals surface area contributed by atoms with E-state index in [2.05, 4.69) is 5.32 Å². The molecular formula is C5H9NO. The summed E-state index contributed by atoms with van der Waals surface area (Å²) < 4.78 is 5.02. The van der Waals surface area contributed by atoms with Gasteiger partial charge in [-0.05, 0) is 13.0 Å². The summed E-state index contributed by atoms with van der Waals surface area (Å²) in [5.74, 6) is 0. The third-order valence-electron chi connectivity index (χ3n) is 1.86. The summed E-state index contributed by atoms with van der Waals surface area (Å²) in [4.78, 5) is 0. The van der Waals surface area contributed by atoms with Crippen LogP contribution < -0.4 is 5.32 Å². The minimum absolute atomic E-state index is 0.472. The van der Waals surface area contributed by atoms with Gasteiger partial charge in [0, 0.05) is 0 Å². The fourth-order valence-corrected chi connectivity index (χ4v) is 1.07. The highest BCUT2D eigenvalue weighted by Crippen LogP contribution is 2.26. The van der Waals surface area contributed by atoms with Crippen LogP contribution in [0.15, 0.2) is 0 Å². The van der Waals surface area contributed by atoms with Gasteiger partial charge < -0.3 is 10.1 Å². The molecule has 0 aromatic carbocycles. The lowest BCUT2D eigenvalue weighted by Gasteiger charge is -2.49. The molecule has 2 heterocycles. The fourth-order valence-electron chi connectivity index (χ4n) is 1.07. The molecule has 1 N–H and O–H groups in total. The average Bonchev–Trinajstić information content (AvgIpc) is 1.20. The molecule has 0 atom stereocenters. The van der Waals surface area contributed by atoms with Crippen molar-refractivity contribution in [3.05, 3.63) is 0 Å². The van der Waals surface area contributed by atoms with Crippen LogP contribution in [-0.4, -0.2) is 25.3 Å². The Morgan fingerprint density at radius 2 is 2.14 bits per heavy atom. The quantitative estimate of drug-likeness (QED) is 0.452. The summed E-state index contributed by atoms with van der Waals surface area (Å²) in [6.07, 6.45) is 1.33. The molecule has 2 saturated heterocycles. The van der Waals surface area contributed by atoms with E-state index in [1.54, 1.807) is 0 Å². The number of nitrogens with one attached hydrogen (secondary N) is 1. The van der Waals surface area contributed by atoms with E-state index in [-0.39, 0.29) is 0 Å². The van der Waals surface area contributed by atoms with E-state index in [1.165, 1.54) is 13.0 Å². The van der Waals surface area contributed by atoms with E-state index in [9.17, 15) is 0 Å². The molecule has 2 heteroatoms. The largest absolute Gasteiger partial charge is 0.377 e. The first kappa shape index (κ1) is 3.87. The van der Waals surface area contributed by atoms with Gasteiger partial charge in [0.25, 0.3) is 0 Å². The van der Waals surface area contributed by atoms with Crippen molar-refractivity contribution in [2.75, 3.05) is 19.8 Å². The van der Waals surface area contributed by atoms with Gasteiger partial charge in [0.2, 0.25) is 0 Å². The Kier molecular flexibility index (Phi) is 0.557. The zero-order chi connectivity index (χ0) is 4.74. The number of hydrogen-bond donors (Lipinski definition) is 1. The van der Waals surface area contributed by atoms with Gasteiger partial charge in [0.05, 0.1) is 18.8 Å². The highest BCUT2D eigenvalue weighted by molar-refractivity contribution is 5.01. The van der Waals surface area contributed by atoms with Gasteiger partial charge in [-0.1, -0.05) is 0 Å². The second kappa shape index (κ2) is 1.01. The summed E-state index contributed by atoms with van der Waals surface area (Å²) in [6, 6.07) is 0. The third kappa shape index (κ3) is 0.359. The van der Waals surface area contributed by atoms with Gasteiger partial charge in [-0.15, -0.1) is 0 Å². The fraction of sp³-hybridized carbons (Fsp3) is 1.00. The Morgan fingerprint density at radius 1 is 1.43 bits per heavy atom. The molecule has 0 amide bonds. The molecule has 0 aromatic heterocycles. The Bertz CT molecular complexity index is 68.6. The van der Waals surface area contributed by atoms with Crippen molar-refractivity contribution >= 4 is 0 Å². The summed E-state index contributed by atoms with van der Waals surface area (Å²) in [7, 11) is 0. The predicted octanol–water partition coefficient (Wildman–Crippen LogP) is -0.251. The molecule has 1 spiro atoms. The Hall–Kier alpha value is -0.0800. The van der Waals surface area contributed by atoms with Crippen molar-refractivity contribution in [3.8, 4) is 0 Å². The molecule has 2 rings (SSSR count). The number of hydrogen-bond acceptors (Lipinski definition) is 2. The molecule has 0 aliphatic carbocycles. The predicted molar refractivity (Wildman–Crippen MR) is 26.2 cm³/mol. The summed E-state index contributed by atoms with van der Waals surface area (Å²) in [6.45, 7) is 3.10. The van der Waals surface area contributed by atoms with Crippen molar-refractivity contribution in [1.29, 1.82) is 0 Å². The molecular weight excluding hydrogens is 90.1 g/mol. The van der Waals surface area contributed by atoms with Crippen LogP contribution in [0.5, 0.6) is 0 Å². The second-order valence-corrected chi connectivity index (χ2v) is 2.45. The van der Waals surface area contributed by atoms with Gasteiger partial charge in [0.15, 0.2) is 0 Å². The molecule has 0 saturated carbocycles. The summed E-state index contributed by atoms with van der Waals surface area (Å²) in [5, 5.41) is 3.33. The van der Waals surface area contributed by atoms with Crippen LogP contribution in [0, 0.1) is 0 Å². The Labute approximate surface area is 42.9 Å². The van der Waals surface area contributed by atoms with E-state index < -0.39 is 0 Å². The molecule has 2 aliphatic rings. The zero-order valence-corrected chi connectivity index (χ0v) is 4.24. The Balaban J connectivity index is 2.00. The van der Waals surface area contributed by atoms with Crippen molar-refractivity contribution in [2.45, 2.75) is 12.0 Å². The second-order valence-electron chi connectivity index (χ2n) is 2.45. The van der Waals surface area contributed by atoms with Crippen molar-refractivity contribution in [1.82, 2.24) is 5.32 Å². The summed E-state index contributed by atoms with van der Waals surface area (Å²) in [5.41, 5.74) is 0.472. The lowest BCUT2D eigenvalue weighted by atomic mass is 9.86. The minimum atomic E-state index is 0.472. The highest BCUT2D eigenvalue weighted by atomic mass is 16.5. The maximum Gasteiger partial charge on any atom is 0.0672 e. The lowest BCUT2D eigenvalue weighted by molar-refractivity contribution is -0.107. The van der Waals surface area contributed by atoms with Crippen LogP contribution in [0.25, 0.3) is 0 Å². The van der Waals surface area contributed by atoms with Crippen LogP contribution in [0.4, 0.5) is 0 Å². The molecule has 0 unspecified atom stereocenters. The van der Waals surface area contributed by atoms with Crippen LogP contribution >= 0.6 is 0 Å². The molecule has 0 aromatic rings. The monoisotopic (exact) mass is 99.1 g/mol. The zero-order valence-electron chi connectivity index (χ0n) is 4.24. The van der Waals surface area contributed by atoms with Crippen molar-refractivity contribution in [2.24, 2.45) is 0 Å². The average molecular weight is 99.1 g/mol. The molecule has 0 radical (unpaired) electrons. The van der Waals surface area contributed by atoms with Crippen LogP contribution in [0.3, 0.4) is 0 Å². The molecule has 2 aliphatic heterocycles. The SMILES string of the molecule is C1CC2(COC2)N1. The van der Waals surface area contributed by atoms with Crippen LogP contribution in [0.1, 0.15) is 6.42 Å². The normalized spacial score (nSPS) is 34.3. The molecule has 2 nitrogen and oxygen atoms in total. The summed E-state index contributed by atoms with van der Waals surface area (Å²) >= 11 is 0. The maximum atomic E-state index is 5.02. The van der Waals surface area contributed by atoms with E-state index >= 15 is 0 Å². The third-order valence-corrected chi connectivity index (χ3v) is 1.86. The van der Waals surface area contributed by atoms with Crippen molar-refractivity contribution in [3.63, 3.8) is 0 Å². The maximum absolute atomic E-state index is 5.02. The Morgan fingerprint density at radius 3 is 2.14 bits per heavy atom. The van der Waals surface area contributed by atoms with Gasteiger partial charge in [-0.25, -0.2) is 0 Å². The first-order valence-corrected chi connectivity index (χ1v) is 2.74. The molecule has 40 valence electrons. The minimum Gasteiger partial charge on any atom is -0.377 e. The number of ether oxygens (including phenoxy) is 1. The smallest absolute Gasteiger partial charge is 0.0672 e. The van der Waals surface area contributed by atoms with Crippen molar-refractivity contribution < 1.29 is 4.74 Å². The highest BCUT2D eigenvalue weighted by Gasteiger charge is 2.43. The first-order chi connectivity index (χ1) is 3.41.